The summed E-state index contributed by atoms with van der Waals surface area (Å²) in [4.78, 5) is 13.0. The zero-order valence-electron chi connectivity index (χ0n) is 9.19. The molecule has 0 radical (unpaired) electrons. The van der Waals surface area contributed by atoms with Crippen molar-refractivity contribution in [2.45, 2.75) is 25.3 Å². The van der Waals surface area contributed by atoms with Gasteiger partial charge in [-0.1, -0.05) is 0 Å². The SMILES string of the molecule is COC(=O)N1CC(N)CC(CCCO)C1. The topological polar surface area (TPSA) is 75.8 Å². The smallest absolute Gasteiger partial charge is 0.409 e. The number of methoxy groups -OCH3 is 1. The second-order valence-electron chi connectivity index (χ2n) is 4.10. The predicted molar refractivity (Wildman–Crippen MR) is 56.4 cm³/mol. The maximum absolute atomic E-state index is 11.3. The molecule has 0 bridgehead atoms. The van der Waals surface area contributed by atoms with Crippen LogP contribution in [0.3, 0.4) is 0 Å². The molecular weight excluding hydrogens is 196 g/mol. The minimum absolute atomic E-state index is 0.0292. The average Bonchev–Trinajstić information content (AvgIpc) is 2.24. The monoisotopic (exact) mass is 216 g/mol. The summed E-state index contributed by atoms with van der Waals surface area (Å²) in [6, 6.07) is 0.0292. The van der Waals surface area contributed by atoms with Gasteiger partial charge in [0.05, 0.1) is 7.11 Å². The van der Waals surface area contributed by atoms with Gasteiger partial charge in [0.25, 0.3) is 0 Å². The number of aliphatic hydroxyl groups excluding tert-OH is 1. The van der Waals surface area contributed by atoms with Gasteiger partial charge in [0, 0.05) is 25.7 Å². The van der Waals surface area contributed by atoms with Crippen molar-refractivity contribution in [3.8, 4) is 0 Å². The summed E-state index contributed by atoms with van der Waals surface area (Å²) < 4.78 is 4.67. The standard InChI is InChI=1S/C10H20N2O3/c1-15-10(14)12-6-8(3-2-4-13)5-9(11)7-12/h8-9,13H,2-7,11H2,1H3. The second-order valence-corrected chi connectivity index (χ2v) is 4.10. The lowest BCUT2D eigenvalue weighted by Crippen LogP contribution is -2.49. The highest BCUT2D eigenvalue weighted by atomic mass is 16.5. The molecule has 15 heavy (non-hydrogen) atoms. The lowest BCUT2D eigenvalue weighted by molar-refractivity contribution is 0.0930. The van der Waals surface area contributed by atoms with E-state index in [0.717, 1.165) is 19.3 Å². The Labute approximate surface area is 90.2 Å². The van der Waals surface area contributed by atoms with E-state index in [9.17, 15) is 4.79 Å². The van der Waals surface area contributed by atoms with Crippen molar-refractivity contribution in [3.63, 3.8) is 0 Å². The van der Waals surface area contributed by atoms with Crippen LogP contribution in [0.2, 0.25) is 0 Å². The zero-order chi connectivity index (χ0) is 11.3. The number of rotatable bonds is 3. The van der Waals surface area contributed by atoms with E-state index in [1.54, 1.807) is 4.90 Å². The van der Waals surface area contributed by atoms with Gasteiger partial charge >= 0.3 is 6.09 Å². The molecule has 0 aromatic rings. The second kappa shape index (κ2) is 5.92. The normalized spacial score (nSPS) is 26.5. The van der Waals surface area contributed by atoms with Crippen LogP contribution in [0.4, 0.5) is 4.79 Å². The fourth-order valence-corrected chi connectivity index (χ4v) is 2.11. The minimum Gasteiger partial charge on any atom is -0.453 e. The fourth-order valence-electron chi connectivity index (χ4n) is 2.11. The Morgan fingerprint density at radius 2 is 2.33 bits per heavy atom. The van der Waals surface area contributed by atoms with E-state index in [0.29, 0.717) is 19.0 Å². The molecular formula is C10H20N2O3. The summed E-state index contributed by atoms with van der Waals surface area (Å²) in [6.07, 6.45) is 2.30. The summed E-state index contributed by atoms with van der Waals surface area (Å²) in [6.45, 7) is 1.46. The van der Waals surface area contributed by atoms with Gasteiger partial charge in [-0.05, 0) is 25.2 Å². The Morgan fingerprint density at radius 1 is 1.60 bits per heavy atom. The first-order valence-corrected chi connectivity index (χ1v) is 5.36. The van der Waals surface area contributed by atoms with Crippen molar-refractivity contribution >= 4 is 6.09 Å². The molecule has 1 amide bonds. The molecule has 0 saturated carbocycles. The van der Waals surface area contributed by atoms with Crippen molar-refractivity contribution in [1.29, 1.82) is 0 Å². The molecule has 5 heteroatoms. The maximum Gasteiger partial charge on any atom is 0.409 e. The Balaban J connectivity index is 2.44. The summed E-state index contributed by atoms with van der Waals surface area (Å²) in [5, 5.41) is 8.75. The van der Waals surface area contributed by atoms with Crippen LogP contribution in [0, 0.1) is 5.92 Å². The third kappa shape index (κ3) is 3.68. The van der Waals surface area contributed by atoms with E-state index in [1.807, 2.05) is 0 Å². The number of nitrogens with two attached hydrogens (primary N) is 1. The third-order valence-corrected chi connectivity index (χ3v) is 2.77. The van der Waals surface area contributed by atoms with Crippen LogP contribution in [0.25, 0.3) is 0 Å². The molecule has 1 heterocycles. The first-order chi connectivity index (χ1) is 7.17. The molecule has 1 saturated heterocycles. The van der Waals surface area contributed by atoms with Gasteiger partial charge < -0.3 is 20.5 Å². The summed E-state index contributed by atoms with van der Waals surface area (Å²) in [7, 11) is 1.38. The largest absolute Gasteiger partial charge is 0.453 e. The van der Waals surface area contributed by atoms with Gasteiger partial charge in [-0.3, -0.25) is 0 Å². The van der Waals surface area contributed by atoms with Crippen molar-refractivity contribution < 1.29 is 14.6 Å². The van der Waals surface area contributed by atoms with Gasteiger partial charge in [-0.15, -0.1) is 0 Å². The number of hydrogen-bond acceptors (Lipinski definition) is 4. The molecule has 3 N–H and O–H groups in total. The number of carbonyl (C=O) groups is 1. The van der Waals surface area contributed by atoms with Gasteiger partial charge in [0.1, 0.15) is 0 Å². The van der Waals surface area contributed by atoms with Gasteiger partial charge in [0.2, 0.25) is 0 Å². The molecule has 88 valence electrons. The van der Waals surface area contributed by atoms with Crippen LogP contribution in [0.5, 0.6) is 0 Å². The Morgan fingerprint density at radius 3 is 2.93 bits per heavy atom. The molecule has 0 spiro atoms. The van der Waals surface area contributed by atoms with Crippen LogP contribution >= 0.6 is 0 Å². The van der Waals surface area contributed by atoms with Gasteiger partial charge in [-0.2, -0.15) is 0 Å². The van der Waals surface area contributed by atoms with Crippen molar-refractivity contribution in [2.75, 3.05) is 26.8 Å². The molecule has 1 fully saturated rings. The maximum atomic E-state index is 11.3. The zero-order valence-corrected chi connectivity index (χ0v) is 9.19. The molecule has 1 aliphatic rings. The number of ether oxygens (including phenoxy) is 1. The highest BCUT2D eigenvalue weighted by molar-refractivity contribution is 5.67. The summed E-state index contributed by atoms with van der Waals surface area (Å²) in [5.74, 6) is 0.389. The van der Waals surface area contributed by atoms with Crippen LogP contribution < -0.4 is 5.73 Å². The number of hydrogen-bond donors (Lipinski definition) is 2. The van der Waals surface area contributed by atoms with E-state index in [2.05, 4.69) is 4.74 Å². The van der Waals surface area contributed by atoms with Crippen molar-refractivity contribution in [3.05, 3.63) is 0 Å². The highest BCUT2D eigenvalue weighted by Gasteiger charge is 2.28. The average molecular weight is 216 g/mol. The molecule has 1 aliphatic heterocycles. The number of nitrogens with zero attached hydrogens (tertiary/aromatic N) is 1. The van der Waals surface area contributed by atoms with Gasteiger partial charge in [-0.25, -0.2) is 4.79 Å². The summed E-state index contributed by atoms with van der Waals surface area (Å²) >= 11 is 0. The number of aliphatic hydroxyl groups is 1. The molecule has 0 aromatic heterocycles. The molecule has 2 unspecified atom stereocenters. The van der Waals surface area contributed by atoms with Crippen LogP contribution in [-0.4, -0.2) is 48.9 Å². The van der Waals surface area contributed by atoms with E-state index in [1.165, 1.54) is 7.11 Å². The Kier molecular flexibility index (Phi) is 4.84. The van der Waals surface area contributed by atoms with E-state index < -0.39 is 0 Å². The van der Waals surface area contributed by atoms with Crippen molar-refractivity contribution in [2.24, 2.45) is 11.7 Å². The Bertz CT molecular complexity index is 211. The molecule has 0 aliphatic carbocycles. The molecule has 5 nitrogen and oxygen atoms in total. The first-order valence-electron chi connectivity index (χ1n) is 5.36. The fraction of sp³-hybridized carbons (Fsp3) is 0.900. The quantitative estimate of drug-likeness (QED) is 0.705. The lowest BCUT2D eigenvalue weighted by atomic mass is 9.91. The third-order valence-electron chi connectivity index (χ3n) is 2.77. The van der Waals surface area contributed by atoms with Crippen LogP contribution in [0.15, 0.2) is 0 Å². The molecule has 1 rings (SSSR count). The molecule has 2 atom stereocenters. The number of piperidine rings is 1. The predicted octanol–water partition coefficient (Wildman–Crippen LogP) is 0.174. The number of likely N-dealkylation sites (tertiary alicyclic amines) is 1. The van der Waals surface area contributed by atoms with E-state index in [-0.39, 0.29) is 18.7 Å². The van der Waals surface area contributed by atoms with Crippen LogP contribution in [-0.2, 0) is 4.74 Å². The lowest BCUT2D eigenvalue weighted by Gasteiger charge is -2.35. The van der Waals surface area contributed by atoms with E-state index in [4.69, 9.17) is 10.8 Å². The van der Waals surface area contributed by atoms with Crippen molar-refractivity contribution in [1.82, 2.24) is 4.90 Å². The molecule has 0 aromatic carbocycles. The van der Waals surface area contributed by atoms with E-state index >= 15 is 0 Å². The van der Waals surface area contributed by atoms with Gasteiger partial charge in [0.15, 0.2) is 0 Å². The number of carbonyl (C=O) groups excluding carboxylic acids is 1. The Hall–Kier alpha value is -0.810. The highest BCUT2D eigenvalue weighted by Crippen LogP contribution is 2.20. The number of amides is 1. The summed E-state index contributed by atoms with van der Waals surface area (Å²) in [5.41, 5.74) is 5.87. The minimum atomic E-state index is -0.306. The first kappa shape index (κ1) is 12.3. The van der Waals surface area contributed by atoms with Crippen LogP contribution in [0.1, 0.15) is 19.3 Å².